The molecule has 0 aliphatic carbocycles. The molecule has 1 unspecified atom stereocenters. The first kappa shape index (κ1) is 13.3. The van der Waals surface area contributed by atoms with Gasteiger partial charge in [-0.2, -0.15) is 0 Å². The lowest BCUT2D eigenvalue weighted by molar-refractivity contribution is 0.106. The maximum Gasteiger partial charge on any atom is 0.122 e. The molecule has 1 fully saturated rings. The molecule has 0 bridgehead atoms. The summed E-state index contributed by atoms with van der Waals surface area (Å²) in [4.78, 5) is 4.43. The van der Waals surface area contributed by atoms with Crippen LogP contribution in [-0.2, 0) is 11.3 Å². The minimum atomic E-state index is 0.568. The number of hydrogen-bond donors (Lipinski definition) is 1. The molecule has 4 heteroatoms. The molecule has 0 radical (unpaired) electrons. The zero-order valence-corrected chi connectivity index (χ0v) is 11.2. The molecule has 1 aromatic heterocycles. The lowest BCUT2D eigenvalue weighted by atomic mass is 10.1. The van der Waals surface area contributed by atoms with Gasteiger partial charge in [0.1, 0.15) is 5.75 Å². The first-order chi connectivity index (χ1) is 8.78. The highest BCUT2D eigenvalue weighted by atomic mass is 16.5. The average molecular weight is 250 g/mol. The van der Waals surface area contributed by atoms with Crippen LogP contribution in [0.3, 0.4) is 0 Å². The number of ether oxygens (including phenoxy) is 2. The van der Waals surface area contributed by atoms with Gasteiger partial charge in [0.25, 0.3) is 0 Å². The molecule has 1 atom stereocenters. The molecule has 2 rings (SSSR count). The number of pyridine rings is 1. The Morgan fingerprint density at radius 1 is 1.44 bits per heavy atom. The van der Waals surface area contributed by atoms with E-state index in [-0.39, 0.29) is 0 Å². The Labute approximate surface area is 109 Å². The molecule has 0 saturated carbocycles. The van der Waals surface area contributed by atoms with Gasteiger partial charge >= 0.3 is 0 Å². The molecule has 1 aliphatic rings. The molecule has 18 heavy (non-hydrogen) atoms. The van der Waals surface area contributed by atoms with Crippen molar-refractivity contribution in [3.05, 3.63) is 23.5 Å². The Morgan fingerprint density at radius 3 is 3.06 bits per heavy atom. The van der Waals surface area contributed by atoms with E-state index in [1.165, 1.54) is 6.42 Å². The van der Waals surface area contributed by atoms with E-state index in [1.807, 2.05) is 19.1 Å². The van der Waals surface area contributed by atoms with Crippen molar-refractivity contribution in [2.45, 2.75) is 26.4 Å². The van der Waals surface area contributed by atoms with Crippen LogP contribution in [0.4, 0.5) is 0 Å². The molecule has 1 N–H and O–H groups in total. The van der Waals surface area contributed by atoms with E-state index < -0.39 is 0 Å². The molecule has 0 aromatic carbocycles. The van der Waals surface area contributed by atoms with Gasteiger partial charge in [0.15, 0.2) is 0 Å². The van der Waals surface area contributed by atoms with E-state index in [1.54, 1.807) is 7.11 Å². The minimum Gasteiger partial charge on any atom is -0.497 e. The Kier molecular flexibility index (Phi) is 4.96. The molecule has 2 heterocycles. The number of nitrogens with one attached hydrogen (secondary N) is 1. The van der Waals surface area contributed by atoms with E-state index in [9.17, 15) is 0 Å². The van der Waals surface area contributed by atoms with Crippen molar-refractivity contribution in [3.8, 4) is 5.75 Å². The van der Waals surface area contributed by atoms with Gasteiger partial charge in [-0.15, -0.1) is 0 Å². The second-order valence-corrected chi connectivity index (χ2v) is 4.84. The van der Waals surface area contributed by atoms with Crippen molar-refractivity contribution >= 4 is 0 Å². The lowest BCUT2D eigenvalue weighted by Crippen LogP contribution is -2.11. The third-order valence-corrected chi connectivity index (χ3v) is 3.30. The van der Waals surface area contributed by atoms with Crippen molar-refractivity contribution in [2.75, 3.05) is 26.8 Å². The Bertz CT molecular complexity index is 376. The van der Waals surface area contributed by atoms with Crippen molar-refractivity contribution in [1.29, 1.82) is 0 Å². The third kappa shape index (κ3) is 3.96. The SMILES string of the molecule is COc1cc(C)nc(COCCC2CCNC2)c1. The summed E-state index contributed by atoms with van der Waals surface area (Å²) in [5.41, 5.74) is 1.91. The molecular weight excluding hydrogens is 228 g/mol. The van der Waals surface area contributed by atoms with Gasteiger partial charge < -0.3 is 14.8 Å². The molecule has 0 amide bonds. The molecule has 1 aliphatic heterocycles. The van der Waals surface area contributed by atoms with Crippen molar-refractivity contribution < 1.29 is 9.47 Å². The van der Waals surface area contributed by atoms with Crippen LogP contribution in [-0.4, -0.2) is 31.8 Å². The number of aromatic nitrogens is 1. The van der Waals surface area contributed by atoms with Crippen molar-refractivity contribution in [2.24, 2.45) is 5.92 Å². The van der Waals surface area contributed by atoms with Crippen LogP contribution in [0.1, 0.15) is 24.2 Å². The zero-order chi connectivity index (χ0) is 12.8. The molecule has 1 aromatic rings. The third-order valence-electron chi connectivity index (χ3n) is 3.30. The topological polar surface area (TPSA) is 43.4 Å². The molecule has 0 spiro atoms. The molecular formula is C14H22N2O2. The van der Waals surface area contributed by atoms with Gasteiger partial charge in [-0.25, -0.2) is 0 Å². The highest BCUT2D eigenvalue weighted by Gasteiger charge is 2.13. The number of nitrogens with zero attached hydrogens (tertiary/aromatic N) is 1. The van der Waals surface area contributed by atoms with Crippen molar-refractivity contribution in [3.63, 3.8) is 0 Å². The van der Waals surface area contributed by atoms with E-state index in [0.29, 0.717) is 6.61 Å². The standard InChI is InChI=1S/C14H22N2O2/c1-11-7-14(17-2)8-13(16-11)10-18-6-4-12-3-5-15-9-12/h7-8,12,15H,3-6,9-10H2,1-2H3. The van der Waals surface area contributed by atoms with E-state index >= 15 is 0 Å². The molecule has 1 saturated heterocycles. The highest BCUT2D eigenvalue weighted by Crippen LogP contribution is 2.15. The fourth-order valence-corrected chi connectivity index (χ4v) is 2.28. The van der Waals surface area contributed by atoms with Crippen LogP contribution in [0, 0.1) is 12.8 Å². The Morgan fingerprint density at radius 2 is 2.33 bits per heavy atom. The van der Waals surface area contributed by atoms with E-state index in [4.69, 9.17) is 9.47 Å². The number of hydrogen-bond acceptors (Lipinski definition) is 4. The number of rotatable bonds is 6. The fraction of sp³-hybridized carbons (Fsp3) is 0.643. The van der Waals surface area contributed by atoms with Gasteiger partial charge in [-0.3, -0.25) is 4.98 Å². The van der Waals surface area contributed by atoms with E-state index in [0.717, 1.165) is 49.2 Å². The predicted molar refractivity (Wildman–Crippen MR) is 70.8 cm³/mol. The molecule has 4 nitrogen and oxygen atoms in total. The maximum atomic E-state index is 5.69. The number of methoxy groups -OCH3 is 1. The van der Waals surface area contributed by atoms with Gasteiger partial charge in [-0.05, 0) is 38.8 Å². The second kappa shape index (κ2) is 6.71. The highest BCUT2D eigenvalue weighted by molar-refractivity contribution is 5.26. The van der Waals surface area contributed by atoms with Gasteiger partial charge in [0.05, 0.1) is 19.4 Å². The summed E-state index contributed by atoms with van der Waals surface area (Å²) in [5, 5.41) is 3.37. The van der Waals surface area contributed by atoms with Crippen LogP contribution in [0.5, 0.6) is 5.75 Å². The summed E-state index contributed by atoms with van der Waals surface area (Å²) in [7, 11) is 1.67. The summed E-state index contributed by atoms with van der Waals surface area (Å²) in [6.07, 6.45) is 2.41. The quantitative estimate of drug-likeness (QED) is 0.783. The van der Waals surface area contributed by atoms with Gasteiger partial charge in [0.2, 0.25) is 0 Å². The smallest absolute Gasteiger partial charge is 0.122 e. The average Bonchev–Trinajstić information content (AvgIpc) is 2.87. The van der Waals surface area contributed by atoms with Crippen LogP contribution < -0.4 is 10.1 Å². The largest absolute Gasteiger partial charge is 0.497 e. The summed E-state index contributed by atoms with van der Waals surface area (Å²) < 4.78 is 10.9. The fourth-order valence-electron chi connectivity index (χ4n) is 2.28. The van der Waals surface area contributed by atoms with Crippen LogP contribution in [0.25, 0.3) is 0 Å². The van der Waals surface area contributed by atoms with Crippen LogP contribution in [0.2, 0.25) is 0 Å². The zero-order valence-electron chi connectivity index (χ0n) is 11.2. The summed E-state index contributed by atoms with van der Waals surface area (Å²) in [6, 6.07) is 3.86. The minimum absolute atomic E-state index is 0.568. The Hall–Kier alpha value is -1.13. The van der Waals surface area contributed by atoms with Gasteiger partial charge in [-0.1, -0.05) is 0 Å². The first-order valence-corrected chi connectivity index (χ1v) is 6.58. The summed E-state index contributed by atoms with van der Waals surface area (Å²) in [5.74, 6) is 1.63. The monoisotopic (exact) mass is 250 g/mol. The normalized spacial score (nSPS) is 19.1. The lowest BCUT2D eigenvalue weighted by Gasteiger charge is -2.09. The summed E-state index contributed by atoms with van der Waals surface area (Å²) in [6.45, 7) is 5.64. The second-order valence-electron chi connectivity index (χ2n) is 4.84. The Balaban J connectivity index is 1.73. The van der Waals surface area contributed by atoms with E-state index in [2.05, 4.69) is 10.3 Å². The summed E-state index contributed by atoms with van der Waals surface area (Å²) >= 11 is 0. The maximum absolute atomic E-state index is 5.69. The van der Waals surface area contributed by atoms with Crippen molar-refractivity contribution in [1.82, 2.24) is 10.3 Å². The number of aryl methyl sites for hydroxylation is 1. The first-order valence-electron chi connectivity index (χ1n) is 6.58. The van der Waals surface area contributed by atoms with Crippen LogP contribution in [0.15, 0.2) is 12.1 Å². The molecule has 100 valence electrons. The van der Waals surface area contributed by atoms with Gasteiger partial charge in [0, 0.05) is 24.4 Å². The predicted octanol–water partition coefficient (Wildman–Crippen LogP) is 1.91. The van der Waals surface area contributed by atoms with Crippen LogP contribution >= 0.6 is 0 Å².